The predicted molar refractivity (Wildman–Crippen MR) is 93.2 cm³/mol. The lowest BCUT2D eigenvalue weighted by molar-refractivity contribution is 0.303. The van der Waals surface area contributed by atoms with Crippen molar-refractivity contribution in [3.05, 3.63) is 89.5 Å². The number of aryl methyl sites for hydroxylation is 1. The maximum Gasteiger partial charge on any atom is 0.128 e. The number of nitriles is 1. The number of hydrogen-bond donors (Lipinski definition) is 0. The summed E-state index contributed by atoms with van der Waals surface area (Å²) in [6.45, 7) is 2.52. The van der Waals surface area contributed by atoms with E-state index >= 15 is 0 Å². The van der Waals surface area contributed by atoms with E-state index in [0.29, 0.717) is 17.9 Å². The molecule has 3 heteroatoms. The van der Waals surface area contributed by atoms with Crippen molar-refractivity contribution in [2.75, 3.05) is 0 Å². The van der Waals surface area contributed by atoms with Crippen LogP contribution in [0.25, 0.3) is 0 Å². The molecule has 0 spiro atoms. The first-order chi connectivity index (χ1) is 11.7. The Balaban J connectivity index is 1.69. The maximum absolute atomic E-state index is 8.94. The van der Waals surface area contributed by atoms with Gasteiger partial charge in [-0.3, -0.25) is 0 Å². The highest BCUT2D eigenvalue weighted by molar-refractivity contribution is 5.43. The van der Waals surface area contributed by atoms with Crippen LogP contribution in [0.2, 0.25) is 0 Å². The fraction of sp³-hybridized carbons (Fsp3) is 0.0952. The van der Waals surface area contributed by atoms with Crippen LogP contribution >= 0.6 is 0 Å². The second-order valence-corrected chi connectivity index (χ2v) is 5.44. The number of nitrogens with zero attached hydrogens (tertiary/aromatic N) is 1. The number of ether oxygens (including phenoxy) is 2. The van der Waals surface area contributed by atoms with Gasteiger partial charge in [0.15, 0.2) is 0 Å². The van der Waals surface area contributed by atoms with Crippen LogP contribution in [0.15, 0.2) is 72.8 Å². The van der Waals surface area contributed by atoms with Crippen molar-refractivity contribution < 1.29 is 9.47 Å². The molecule has 0 aromatic heterocycles. The molecule has 0 amide bonds. The average Bonchev–Trinajstić information content (AvgIpc) is 2.62. The zero-order valence-electron chi connectivity index (χ0n) is 13.4. The molecule has 0 aliphatic carbocycles. The first kappa shape index (κ1) is 15.6. The van der Waals surface area contributed by atoms with Crippen LogP contribution in [-0.4, -0.2) is 0 Å². The first-order valence-electron chi connectivity index (χ1n) is 7.70. The number of benzene rings is 3. The largest absolute Gasteiger partial charge is 0.489 e. The molecule has 24 heavy (non-hydrogen) atoms. The van der Waals surface area contributed by atoms with Gasteiger partial charge in [-0.05, 0) is 54.4 Å². The molecule has 0 heterocycles. The number of hydrogen-bond acceptors (Lipinski definition) is 3. The third-order valence-electron chi connectivity index (χ3n) is 3.58. The topological polar surface area (TPSA) is 42.2 Å². The Hall–Kier alpha value is -3.25. The van der Waals surface area contributed by atoms with Crippen molar-refractivity contribution in [1.82, 2.24) is 0 Å². The summed E-state index contributed by atoms with van der Waals surface area (Å²) in [7, 11) is 0. The second kappa shape index (κ2) is 7.34. The zero-order chi connectivity index (χ0) is 16.8. The van der Waals surface area contributed by atoms with Crippen LogP contribution in [0.3, 0.4) is 0 Å². The summed E-state index contributed by atoms with van der Waals surface area (Å²) in [5.74, 6) is 2.19. The van der Waals surface area contributed by atoms with Gasteiger partial charge < -0.3 is 9.47 Å². The van der Waals surface area contributed by atoms with Gasteiger partial charge in [0.1, 0.15) is 23.9 Å². The fourth-order valence-electron chi connectivity index (χ4n) is 2.35. The van der Waals surface area contributed by atoms with Crippen molar-refractivity contribution in [2.24, 2.45) is 0 Å². The van der Waals surface area contributed by atoms with Crippen LogP contribution in [0, 0.1) is 18.3 Å². The molecule has 0 saturated carbocycles. The van der Waals surface area contributed by atoms with Gasteiger partial charge in [-0.1, -0.05) is 36.4 Å². The van der Waals surface area contributed by atoms with E-state index in [-0.39, 0.29) is 0 Å². The molecule has 118 valence electrons. The van der Waals surface area contributed by atoms with Gasteiger partial charge in [0.05, 0.1) is 11.6 Å². The minimum Gasteiger partial charge on any atom is -0.489 e. The smallest absolute Gasteiger partial charge is 0.128 e. The van der Waals surface area contributed by atoms with Crippen molar-refractivity contribution in [3.63, 3.8) is 0 Å². The zero-order valence-corrected chi connectivity index (χ0v) is 13.4. The van der Waals surface area contributed by atoms with Crippen LogP contribution in [0.1, 0.15) is 16.7 Å². The van der Waals surface area contributed by atoms with Gasteiger partial charge in [-0.15, -0.1) is 0 Å². The van der Waals surface area contributed by atoms with E-state index < -0.39 is 0 Å². The minimum atomic E-state index is 0.534. The normalized spacial score (nSPS) is 10.0. The molecule has 0 fully saturated rings. The van der Waals surface area contributed by atoms with Crippen molar-refractivity contribution in [3.8, 4) is 23.3 Å². The average molecular weight is 315 g/mol. The molecular formula is C21H17NO2. The summed E-state index contributed by atoms with van der Waals surface area (Å²) >= 11 is 0. The van der Waals surface area contributed by atoms with Gasteiger partial charge in [0.25, 0.3) is 0 Å². The molecule has 0 aliphatic heterocycles. The maximum atomic E-state index is 8.94. The summed E-state index contributed by atoms with van der Waals surface area (Å²) < 4.78 is 11.7. The lowest BCUT2D eigenvalue weighted by Crippen LogP contribution is -1.97. The van der Waals surface area contributed by atoms with Crippen LogP contribution in [0.5, 0.6) is 17.2 Å². The van der Waals surface area contributed by atoms with Gasteiger partial charge in [-0.25, -0.2) is 0 Å². The summed E-state index contributed by atoms with van der Waals surface area (Å²) in [5.41, 5.74) is 2.71. The molecule has 0 bridgehead atoms. The molecule has 0 saturated heterocycles. The van der Waals surface area contributed by atoms with E-state index in [0.717, 1.165) is 22.6 Å². The SMILES string of the molecule is Cc1cc(Oc2cccc(C#N)c2)ccc1OCc1ccccc1. The van der Waals surface area contributed by atoms with Gasteiger partial charge in [0, 0.05) is 0 Å². The van der Waals surface area contributed by atoms with Gasteiger partial charge in [0.2, 0.25) is 0 Å². The van der Waals surface area contributed by atoms with E-state index in [9.17, 15) is 0 Å². The molecule has 0 radical (unpaired) electrons. The molecule has 0 unspecified atom stereocenters. The van der Waals surface area contributed by atoms with Crippen LogP contribution < -0.4 is 9.47 Å². The molecule has 0 aliphatic rings. The predicted octanol–water partition coefficient (Wildman–Crippen LogP) is 5.24. The number of rotatable bonds is 5. The Bertz CT molecular complexity index is 867. The Labute approximate surface area is 141 Å². The lowest BCUT2D eigenvalue weighted by atomic mass is 10.2. The third kappa shape index (κ3) is 3.93. The van der Waals surface area contributed by atoms with E-state index in [2.05, 4.69) is 6.07 Å². The van der Waals surface area contributed by atoms with Crippen molar-refractivity contribution in [1.29, 1.82) is 5.26 Å². The van der Waals surface area contributed by atoms with E-state index in [1.165, 1.54) is 0 Å². The lowest BCUT2D eigenvalue weighted by Gasteiger charge is -2.12. The highest BCUT2D eigenvalue weighted by atomic mass is 16.5. The van der Waals surface area contributed by atoms with Crippen LogP contribution in [0.4, 0.5) is 0 Å². The monoisotopic (exact) mass is 315 g/mol. The first-order valence-corrected chi connectivity index (χ1v) is 7.70. The Morgan fingerprint density at radius 1 is 0.875 bits per heavy atom. The van der Waals surface area contributed by atoms with E-state index in [1.807, 2.05) is 61.5 Å². The fourth-order valence-corrected chi connectivity index (χ4v) is 2.35. The summed E-state index contributed by atoms with van der Waals surface area (Å²) in [5, 5.41) is 8.94. The Morgan fingerprint density at radius 2 is 1.67 bits per heavy atom. The Morgan fingerprint density at radius 3 is 2.42 bits per heavy atom. The van der Waals surface area contributed by atoms with E-state index in [4.69, 9.17) is 14.7 Å². The van der Waals surface area contributed by atoms with Crippen LogP contribution in [-0.2, 0) is 6.61 Å². The highest BCUT2D eigenvalue weighted by Gasteiger charge is 2.04. The molecule has 3 rings (SSSR count). The standard InChI is InChI=1S/C21H17NO2/c1-16-12-20(24-19-9-5-8-18(13-19)14-22)10-11-21(16)23-15-17-6-3-2-4-7-17/h2-13H,15H2,1H3. The molecule has 0 N–H and O–H groups in total. The molecule has 0 atom stereocenters. The van der Waals surface area contributed by atoms with Crippen molar-refractivity contribution >= 4 is 0 Å². The summed E-state index contributed by atoms with van der Waals surface area (Å²) in [6, 6.07) is 25.0. The highest BCUT2D eigenvalue weighted by Crippen LogP contribution is 2.28. The third-order valence-corrected chi connectivity index (χ3v) is 3.58. The van der Waals surface area contributed by atoms with Gasteiger partial charge in [-0.2, -0.15) is 5.26 Å². The summed E-state index contributed by atoms with van der Waals surface area (Å²) in [4.78, 5) is 0. The van der Waals surface area contributed by atoms with Crippen molar-refractivity contribution in [2.45, 2.75) is 13.5 Å². The quantitative estimate of drug-likeness (QED) is 0.646. The Kier molecular flexibility index (Phi) is 4.78. The molecule has 3 nitrogen and oxygen atoms in total. The van der Waals surface area contributed by atoms with Gasteiger partial charge >= 0.3 is 0 Å². The second-order valence-electron chi connectivity index (χ2n) is 5.44. The molecule has 3 aromatic carbocycles. The van der Waals surface area contributed by atoms with E-state index in [1.54, 1.807) is 18.2 Å². The summed E-state index contributed by atoms with van der Waals surface area (Å²) in [6.07, 6.45) is 0. The minimum absolute atomic E-state index is 0.534. The molecule has 3 aromatic rings. The molecular weight excluding hydrogens is 298 g/mol.